The van der Waals surface area contributed by atoms with Gasteiger partial charge in [-0.2, -0.15) is 0 Å². The van der Waals surface area contributed by atoms with Gasteiger partial charge in [-0.05, 0) is 27.2 Å². The van der Waals surface area contributed by atoms with Crippen molar-refractivity contribution in [3.8, 4) is 11.5 Å². The predicted octanol–water partition coefficient (Wildman–Crippen LogP) is 0.334. The van der Waals surface area contributed by atoms with Gasteiger partial charge in [-0.3, -0.25) is 4.90 Å². The average Bonchev–Trinajstić information content (AvgIpc) is 2.65. The van der Waals surface area contributed by atoms with E-state index < -0.39 is 6.10 Å². The van der Waals surface area contributed by atoms with Gasteiger partial charge in [0.15, 0.2) is 0 Å². The van der Waals surface area contributed by atoms with E-state index in [4.69, 9.17) is 9.47 Å². The zero-order chi connectivity index (χ0) is 19.6. The van der Waals surface area contributed by atoms with E-state index in [1.165, 1.54) is 0 Å². The van der Waals surface area contributed by atoms with E-state index in [2.05, 4.69) is 41.2 Å². The van der Waals surface area contributed by atoms with Crippen LogP contribution in [0.4, 0.5) is 0 Å². The van der Waals surface area contributed by atoms with Gasteiger partial charge in [-0.15, -0.1) is 0 Å². The molecule has 2 N–H and O–H groups in total. The monoisotopic (exact) mass is 380 g/mol. The van der Waals surface area contributed by atoms with Crippen LogP contribution < -0.4 is 14.8 Å². The normalized spacial score (nSPS) is 17.3. The van der Waals surface area contributed by atoms with Crippen molar-refractivity contribution in [2.75, 3.05) is 80.7 Å². The maximum absolute atomic E-state index is 10.4. The maximum atomic E-state index is 10.4. The summed E-state index contributed by atoms with van der Waals surface area (Å²) in [7, 11) is 7.90. The van der Waals surface area contributed by atoms with Crippen LogP contribution in [0, 0.1) is 0 Å². The van der Waals surface area contributed by atoms with Gasteiger partial charge in [0.2, 0.25) is 0 Å². The van der Waals surface area contributed by atoms with Crippen LogP contribution in [-0.2, 0) is 6.54 Å². The summed E-state index contributed by atoms with van der Waals surface area (Å²) < 4.78 is 11.3. The predicted molar refractivity (Wildman–Crippen MR) is 109 cm³/mol. The molecule has 1 aromatic carbocycles. The number of nitrogens with zero attached hydrogens (tertiary/aromatic N) is 3. The van der Waals surface area contributed by atoms with Crippen LogP contribution in [0.25, 0.3) is 0 Å². The molecule has 0 aromatic heterocycles. The fraction of sp³-hybridized carbons (Fsp3) is 0.700. The molecule has 0 bridgehead atoms. The molecule has 154 valence electrons. The first-order valence-electron chi connectivity index (χ1n) is 9.72. The summed E-state index contributed by atoms with van der Waals surface area (Å²) in [5, 5.41) is 13.8. The maximum Gasteiger partial charge on any atom is 0.127 e. The van der Waals surface area contributed by atoms with Crippen molar-refractivity contribution >= 4 is 0 Å². The Balaban J connectivity index is 1.85. The molecule has 1 aromatic rings. The summed E-state index contributed by atoms with van der Waals surface area (Å²) in [6.07, 6.45) is -0.505. The van der Waals surface area contributed by atoms with Crippen LogP contribution in [0.3, 0.4) is 0 Å². The molecule has 1 heterocycles. The molecule has 0 saturated carbocycles. The number of nitrogens with one attached hydrogen (secondary N) is 1. The summed E-state index contributed by atoms with van der Waals surface area (Å²) >= 11 is 0. The first-order valence-corrected chi connectivity index (χ1v) is 9.72. The van der Waals surface area contributed by atoms with Crippen molar-refractivity contribution in [2.24, 2.45) is 0 Å². The van der Waals surface area contributed by atoms with Crippen molar-refractivity contribution in [3.05, 3.63) is 23.8 Å². The molecular weight excluding hydrogens is 344 g/mol. The molecule has 0 amide bonds. The number of piperazine rings is 1. The Morgan fingerprint density at radius 1 is 1.22 bits per heavy atom. The van der Waals surface area contributed by atoms with Gasteiger partial charge in [0.05, 0.1) is 7.11 Å². The fourth-order valence-electron chi connectivity index (χ4n) is 3.04. The number of rotatable bonds is 11. The third-order valence-electron chi connectivity index (χ3n) is 4.82. The lowest BCUT2D eigenvalue weighted by Crippen LogP contribution is -2.47. The summed E-state index contributed by atoms with van der Waals surface area (Å²) in [5.41, 5.74) is 1.07. The molecule has 1 saturated heterocycles. The molecule has 27 heavy (non-hydrogen) atoms. The molecule has 1 atom stereocenters. The zero-order valence-corrected chi connectivity index (χ0v) is 17.3. The third-order valence-corrected chi connectivity index (χ3v) is 4.82. The largest absolute Gasteiger partial charge is 0.497 e. The second-order valence-corrected chi connectivity index (χ2v) is 7.52. The summed E-state index contributed by atoms with van der Waals surface area (Å²) in [6, 6.07) is 5.85. The fourth-order valence-corrected chi connectivity index (χ4v) is 3.04. The molecule has 0 radical (unpaired) electrons. The highest BCUT2D eigenvalue weighted by molar-refractivity contribution is 5.40. The highest BCUT2D eigenvalue weighted by Crippen LogP contribution is 2.25. The molecule has 0 spiro atoms. The molecule has 2 rings (SSSR count). The van der Waals surface area contributed by atoms with Gasteiger partial charge in [0.25, 0.3) is 0 Å². The van der Waals surface area contributed by atoms with E-state index in [0.29, 0.717) is 6.54 Å². The van der Waals surface area contributed by atoms with E-state index in [1.54, 1.807) is 7.11 Å². The Bertz CT molecular complexity index is 548. The van der Waals surface area contributed by atoms with Crippen molar-refractivity contribution in [1.29, 1.82) is 0 Å². The van der Waals surface area contributed by atoms with E-state index in [1.807, 2.05) is 18.2 Å². The Hall–Kier alpha value is -1.38. The van der Waals surface area contributed by atoms with Gasteiger partial charge in [-0.1, -0.05) is 6.07 Å². The Morgan fingerprint density at radius 2 is 1.96 bits per heavy atom. The molecule has 1 aliphatic heterocycles. The summed E-state index contributed by atoms with van der Waals surface area (Å²) in [5.74, 6) is 1.53. The lowest BCUT2D eigenvalue weighted by Gasteiger charge is -2.33. The molecule has 7 heteroatoms. The second kappa shape index (κ2) is 11.5. The molecule has 1 aliphatic rings. The van der Waals surface area contributed by atoms with Crippen LogP contribution >= 0.6 is 0 Å². The highest BCUT2D eigenvalue weighted by atomic mass is 16.5. The molecule has 0 aliphatic carbocycles. The molecule has 7 nitrogen and oxygen atoms in total. The molecule has 1 fully saturated rings. The van der Waals surface area contributed by atoms with Gasteiger partial charge in [0.1, 0.15) is 24.2 Å². The smallest absolute Gasteiger partial charge is 0.127 e. The standard InChI is InChI=1S/C20H36N4O3/c1-22(2)8-7-21-14-17-5-6-19(26-4)13-20(17)27-16-18(25)15-24-11-9-23(3)10-12-24/h5-6,13,18,21,25H,7-12,14-16H2,1-4H3. The Kier molecular flexibility index (Phi) is 9.30. The topological polar surface area (TPSA) is 60.4 Å². The van der Waals surface area contributed by atoms with Gasteiger partial charge in [-0.25, -0.2) is 0 Å². The van der Waals surface area contributed by atoms with Crippen LogP contribution in [0.1, 0.15) is 5.56 Å². The zero-order valence-electron chi connectivity index (χ0n) is 17.3. The number of hydrogen-bond acceptors (Lipinski definition) is 7. The average molecular weight is 381 g/mol. The minimum Gasteiger partial charge on any atom is -0.497 e. The van der Waals surface area contributed by atoms with Gasteiger partial charge >= 0.3 is 0 Å². The third kappa shape index (κ3) is 8.02. The van der Waals surface area contributed by atoms with E-state index in [9.17, 15) is 5.11 Å². The van der Waals surface area contributed by atoms with E-state index in [0.717, 1.165) is 62.9 Å². The number of hydrogen-bond donors (Lipinski definition) is 2. The minimum atomic E-state index is -0.505. The minimum absolute atomic E-state index is 0.282. The van der Waals surface area contributed by atoms with Crippen LogP contribution in [0.15, 0.2) is 18.2 Å². The highest BCUT2D eigenvalue weighted by Gasteiger charge is 2.18. The van der Waals surface area contributed by atoms with Crippen LogP contribution in [0.2, 0.25) is 0 Å². The number of ether oxygens (including phenoxy) is 2. The van der Waals surface area contributed by atoms with Crippen molar-refractivity contribution in [1.82, 2.24) is 20.0 Å². The van der Waals surface area contributed by atoms with Gasteiger partial charge in [0, 0.05) is 64.0 Å². The van der Waals surface area contributed by atoms with E-state index in [-0.39, 0.29) is 6.61 Å². The van der Waals surface area contributed by atoms with Crippen molar-refractivity contribution < 1.29 is 14.6 Å². The number of aliphatic hydroxyl groups is 1. The number of benzene rings is 1. The summed E-state index contributed by atoms with van der Waals surface area (Å²) in [6.45, 7) is 7.63. The van der Waals surface area contributed by atoms with E-state index >= 15 is 0 Å². The first-order chi connectivity index (χ1) is 13.0. The summed E-state index contributed by atoms with van der Waals surface area (Å²) in [4.78, 5) is 6.75. The number of β-amino-alcohol motifs (C(OH)–C–C–N with tert-alkyl or cyclic N) is 1. The van der Waals surface area contributed by atoms with Crippen LogP contribution in [-0.4, -0.2) is 107 Å². The number of methoxy groups -OCH3 is 1. The van der Waals surface area contributed by atoms with Crippen molar-refractivity contribution in [3.63, 3.8) is 0 Å². The lowest BCUT2D eigenvalue weighted by molar-refractivity contribution is 0.0501. The molecule has 1 unspecified atom stereocenters. The molecular formula is C20H36N4O3. The number of aliphatic hydroxyl groups excluding tert-OH is 1. The number of likely N-dealkylation sites (N-methyl/N-ethyl adjacent to an activating group) is 2. The van der Waals surface area contributed by atoms with Gasteiger partial charge < -0.3 is 29.7 Å². The van der Waals surface area contributed by atoms with Crippen molar-refractivity contribution in [2.45, 2.75) is 12.6 Å². The SMILES string of the molecule is COc1ccc(CNCCN(C)C)c(OCC(O)CN2CCN(C)CC2)c1. The quantitative estimate of drug-likeness (QED) is 0.537. The lowest BCUT2D eigenvalue weighted by atomic mass is 10.2. The first kappa shape index (κ1) is 21.9. The van der Waals surface area contributed by atoms with Crippen LogP contribution in [0.5, 0.6) is 11.5 Å². The second-order valence-electron chi connectivity index (χ2n) is 7.52. The Morgan fingerprint density at radius 3 is 2.63 bits per heavy atom. The Labute approximate surface area is 163 Å².